The van der Waals surface area contributed by atoms with Crippen LogP contribution in [0, 0.1) is 0 Å². The zero-order valence-corrected chi connectivity index (χ0v) is 24.5. The van der Waals surface area contributed by atoms with Crippen LogP contribution in [0.2, 0.25) is 0 Å². The molecule has 42 heavy (non-hydrogen) atoms. The van der Waals surface area contributed by atoms with Gasteiger partial charge in [0.1, 0.15) is 17.4 Å². The van der Waals surface area contributed by atoms with E-state index in [1.54, 1.807) is 49.7 Å². The molecule has 3 aromatic rings. The van der Waals surface area contributed by atoms with Crippen LogP contribution in [0.3, 0.4) is 0 Å². The van der Waals surface area contributed by atoms with Crippen LogP contribution in [0.1, 0.15) is 36.2 Å². The first-order valence-electron chi connectivity index (χ1n) is 13.8. The summed E-state index contributed by atoms with van der Waals surface area (Å²) in [6.07, 6.45) is 9.73. The Morgan fingerprint density at radius 2 is 1.74 bits per heavy atom. The lowest BCUT2D eigenvalue weighted by molar-refractivity contribution is -0.123. The van der Waals surface area contributed by atoms with Crippen molar-refractivity contribution in [2.45, 2.75) is 32.7 Å². The van der Waals surface area contributed by atoms with Crippen LogP contribution in [0.5, 0.6) is 0 Å². The Kier molecular flexibility index (Phi) is 12.4. The normalized spacial score (nSPS) is 11.6. The molecule has 0 bridgehead atoms. The fourth-order valence-electron chi connectivity index (χ4n) is 3.70. The predicted octanol–water partition coefficient (Wildman–Crippen LogP) is 3.16. The fourth-order valence-corrected chi connectivity index (χ4v) is 3.70. The minimum atomic E-state index is -0.763. The van der Waals surface area contributed by atoms with Gasteiger partial charge in [-0.2, -0.15) is 4.98 Å². The van der Waals surface area contributed by atoms with E-state index in [1.807, 2.05) is 38.1 Å². The quantitative estimate of drug-likeness (QED) is 0.173. The highest BCUT2D eigenvalue weighted by Gasteiger charge is 2.17. The van der Waals surface area contributed by atoms with E-state index in [0.29, 0.717) is 42.8 Å². The minimum Gasteiger partial charge on any atom is -0.369 e. The van der Waals surface area contributed by atoms with Gasteiger partial charge in [0.2, 0.25) is 17.8 Å². The number of aromatic nitrogens is 3. The molecule has 0 spiro atoms. The molecule has 3 rings (SSSR count). The highest BCUT2D eigenvalue weighted by molar-refractivity contribution is 6.07. The van der Waals surface area contributed by atoms with E-state index in [2.05, 4.69) is 41.5 Å². The number of rotatable bonds is 15. The SMILES string of the molecule is CCCNc1nc(NCCc2ccncc2)ncc1C(=O)Nc1cccc(NC(=O)[C@H](C)NC(=O)C=CCN(C)C)c1. The molecule has 3 amide bonds. The number of amides is 3. The molecule has 5 N–H and O–H groups in total. The van der Waals surface area contributed by atoms with Crippen LogP contribution < -0.4 is 26.6 Å². The maximum atomic E-state index is 13.2. The summed E-state index contributed by atoms with van der Waals surface area (Å²) in [6.45, 7) is 5.49. The number of carbonyl (C=O) groups is 3. The lowest BCUT2D eigenvalue weighted by atomic mass is 10.2. The molecule has 0 saturated heterocycles. The first-order chi connectivity index (χ1) is 20.2. The summed E-state index contributed by atoms with van der Waals surface area (Å²) in [6, 6.07) is 9.90. The second kappa shape index (κ2) is 16.4. The Bertz CT molecular complexity index is 1360. The standard InChI is InChI=1S/C30H39N9O3/c1-5-14-32-27-25(20-34-30(38-27)33-17-13-22-11-15-31-16-12-22)29(42)37-24-9-6-8-23(19-24)36-28(41)21(2)35-26(40)10-7-18-39(3)4/h6-12,15-16,19-21H,5,13-14,17-18H2,1-4H3,(H,35,40)(H,36,41)(H,37,42)(H2,32,33,34,38)/t21-/m0/s1. The summed E-state index contributed by atoms with van der Waals surface area (Å²) < 4.78 is 0. The largest absolute Gasteiger partial charge is 0.369 e. The van der Waals surface area contributed by atoms with Crippen molar-refractivity contribution in [2.75, 3.05) is 55.0 Å². The van der Waals surface area contributed by atoms with Crippen molar-refractivity contribution < 1.29 is 14.4 Å². The third-order valence-electron chi connectivity index (χ3n) is 5.90. The molecular weight excluding hydrogens is 534 g/mol. The number of anilines is 4. The van der Waals surface area contributed by atoms with Crippen LogP contribution >= 0.6 is 0 Å². The topological polar surface area (TPSA) is 153 Å². The number of pyridine rings is 1. The van der Waals surface area contributed by atoms with Crippen LogP contribution in [0.15, 0.2) is 67.1 Å². The van der Waals surface area contributed by atoms with Gasteiger partial charge in [0, 0.05) is 55.7 Å². The number of nitrogens with zero attached hydrogens (tertiary/aromatic N) is 4. The van der Waals surface area contributed by atoms with Gasteiger partial charge >= 0.3 is 0 Å². The maximum Gasteiger partial charge on any atom is 0.260 e. The molecule has 0 radical (unpaired) electrons. The molecule has 0 fully saturated rings. The van der Waals surface area contributed by atoms with Crippen LogP contribution in [-0.4, -0.2) is 77.3 Å². The summed E-state index contributed by atoms with van der Waals surface area (Å²) >= 11 is 0. The number of likely N-dealkylation sites (N-methyl/N-ethyl adjacent to an activating group) is 1. The molecular formula is C30H39N9O3. The zero-order valence-electron chi connectivity index (χ0n) is 24.5. The van der Waals surface area contributed by atoms with Gasteiger partial charge in [-0.15, -0.1) is 0 Å². The second-order valence-corrected chi connectivity index (χ2v) is 9.83. The van der Waals surface area contributed by atoms with Crippen molar-refractivity contribution >= 4 is 40.9 Å². The molecule has 0 unspecified atom stereocenters. The molecule has 0 aliphatic rings. The van der Waals surface area contributed by atoms with Crippen molar-refractivity contribution in [2.24, 2.45) is 0 Å². The Hall–Kier alpha value is -4.84. The van der Waals surface area contributed by atoms with Gasteiger partial charge in [-0.05, 0) is 69.8 Å². The Balaban J connectivity index is 1.61. The zero-order chi connectivity index (χ0) is 30.3. The molecule has 1 atom stereocenters. The van der Waals surface area contributed by atoms with E-state index in [1.165, 1.54) is 12.3 Å². The van der Waals surface area contributed by atoms with Crippen molar-refractivity contribution in [3.63, 3.8) is 0 Å². The molecule has 2 heterocycles. The molecule has 2 aromatic heterocycles. The van der Waals surface area contributed by atoms with Crippen LogP contribution in [0.25, 0.3) is 0 Å². The third kappa shape index (κ3) is 10.6. The van der Waals surface area contributed by atoms with Crippen LogP contribution in [0.4, 0.5) is 23.1 Å². The summed E-state index contributed by atoms with van der Waals surface area (Å²) in [5.41, 5.74) is 2.37. The van der Waals surface area contributed by atoms with Gasteiger partial charge in [-0.25, -0.2) is 4.98 Å². The predicted molar refractivity (Wildman–Crippen MR) is 166 cm³/mol. The van der Waals surface area contributed by atoms with E-state index >= 15 is 0 Å². The first kappa shape index (κ1) is 31.7. The molecule has 12 nitrogen and oxygen atoms in total. The van der Waals surface area contributed by atoms with E-state index < -0.39 is 11.9 Å². The number of hydrogen-bond acceptors (Lipinski definition) is 9. The summed E-state index contributed by atoms with van der Waals surface area (Å²) in [4.78, 5) is 52.7. The molecule has 0 saturated carbocycles. The smallest absolute Gasteiger partial charge is 0.260 e. The number of hydrogen-bond donors (Lipinski definition) is 5. The molecule has 1 aromatic carbocycles. The van der Waals surface area contributed by atoms with Gasteiger partial charge in [-0.3, -0.25) is 19.4 Å². The molecule has 0 aliphatic heterocycles. The number of carbonyl (C=O) groups excluding carboxylic acids is 3. The highest BCUT2D eigenvalue weighted by Crippen LogP contribution is 2.19. The van der Waals surface area contributed by atoms with E-state index in [-0.39, 0.29) is 17.4 Å². The van der Waals surface area contributed by atoms with E-state index in [4.69, 9.17) is 0 Å². The second-order valence-electron chi connectivity index (χ2n) is 9.83. The van der Waals surface area contributed by atoms with Gasteiger partial charge in [0.15, 0.2) is 0 Å². The molecule has 12 heteroatoms. The third-order valence-corrected chi connectivity index (χ3v) is 5.90. The minimum absolute atomic E-state index is 0.288. The monoisotopic (exact) mass is 573 g/mol. The van der Waals surface area contributed by atoms with Gasteiger partial charge in [0.25, 0.3) is 5.91 Å². The Labute approximate surface area is 246 Å². The van der Waals surface area contributed by atoms with Crippen molar-refractivity contribution in [1.82, 2.24) is 25.2 Å². The average molecular weight is 574 g/mol. The van der Waals surface area contributed by atoms with Crippen molar-refractivity contribution in [3.05, 3.63) is 78.3 Å². The Morgan fingerprint density at radius 1 is 1.00 bits per heavy atom. The van der Waals surface area contributed by atoms with Crippen molar-refractivity contribution in [1.29, 1.82) is 0 Å². The van der Waals surface area contributed by atoms with Gasteiger partial charge < -0.3 is 31.5 Å². The summed E-state index contributed by atoms with van der Waals surface area (Å²) in [7, 11) is 3.79. The molecule has 0 aliphatic carbocycles. The number of benzene rings is 1. The van der Waals surface area contributed by atoms with Crippen LogP contribution in [-0.2, 0) is 16.0 Å². The van der Waals surface area contributed by atoms with Gasteiger partial charge in [-0.1, -0.05) is 19.1 Å². The molecule has 222 valence electrons. The highest BCUT2D eigenvalue weighted by atomic mass is 16.2. The lowest BCUT2D eigenvalue weighted by Gasteiger charge is -2.15. The number of nitrogens with one attached hydrogen (secondary N) is 5. The van der Waals surface area contributed by atoms with Gasteiger partial charge in [0.05, 0.1) is 0 Å². The fraction of sp³-hybridized carbons (Fsp3) is 0.333. The van der Waals surface area contributed by atoms with E-state index in [0.717, 1.165) is 18.4 Å². The average Bonchev–Trinajstić information content (AvgIpc) is 2.96. The first-order valence-corrected chi connectivity index (χ1v) is 13.8. The maximum absolute atomic E-state index is 13.2. The summed E-state index contributed by atoms with van der Waals surface area (Å²) in [5.74, 6) is -0.308. The van der Waals surface area contributed by atoms with E-state index in [9.17, 15) is 14.4 Å². The lowest BCUT2D eigenvalue weighted by Crippen LogP contribution is -2.40. The van der Waals surface area contributed by atoms with Crippen molar-refractivity contribution in [3.8, 4) is 0 Å². The Morgan fingerprint density at radius 3 is 2.45 bits per heavy atom. The summed E-state index contributed by atoms with van der Waals surface area (Å²) in [5, 5.41) is 14.7.